The topological polar surface area (TPSA) is 59.2 Å². The highest BCUT2D eigenvalue weighted by Gasteiger charge is 2.38. The fourth-order valence-electron chi connectivity index (χ4n) is 4.37. The Kier molecular flexibility index (Phi) is 7.45. The van der Waals surface area contributed by atoms with E-state index in [9.17, 15) is 9.59 Å². The van der Waals surface area contributed by atoms with E-state index >= 15 is 0 Å². The first-order valence-corrected chi connectivity index (χ1v) is 11.2. The second-order valence-corrected chi connectivity index (χ2v) is 8.32. The molecule has 1 aromatic heterocycles. The minimum Gasteiger partial charge on any atom is -0.368 e. The molecule has 0 amide bonds. The van der Waals surface area contributed by atoms with Crippen molar-refractivity contribution in [3.63, 3.8) is 0 Å². The molecule has 0 bridgehead atoms. The number of hydrogen-bond acceptors (Lipinski definition) is 3. The number of carbonyl (C=O) groups excluding carboxylic acids is 2. The van der Waals surface area contributed by atoms with Gasteiger partial charge in [0.05, 0.1) is 12.3 Å². The number of rotatable bonds is 6. The summed E-state index contributed by atoms with van der Waals surface area (Å²) in [5.41, 5.74) is 6.86. The first-order chi connectivity index (χ1) is 15.0. The quantitative estimate of drug-likeness (QED) is 0.514. The second kappa shape index (κ2) is 10.1. The molecule has 4 nitrogen and oxygen atoms in total. The number of aryl methyl sites for hydroxylation is 2. The average Bonchev–Trinajstić information content (AvgIpc) is 3.20. The number of aromatic nitrogens is 1. The highest BCUT2D eigenvalue weighted by atomic mass is 16.5. The van der Waals surface area contributed by atoms with E-state index in [1.807, 2.05) is 38.1 Å². The Bertz CT molecular complexity index is 1030. The lowest BCUT2D eigenvalue weighted by molar-refractivity contribution is -0.119. The first-order valence-electron chi connectivity index (χ1n) is 11.2. The minimum atomic E-state index is -0.459. The van der Waals surface area contributed by atoms with Gasteiger partial charge in [0.15, 0.2) is 0 Å². The average molecular weight is 420 g/mol. The number of nitrogens with one attached hydrogen (secondary N) is 1. The van der Waals surface area contributed by atoms with Gasteiger partial charge in [-0.3, -0.25) is 0 Å². The SMILES string of the molecule is CCc1cccc2c3c([nH]c12)C(CC)(CC=O)OCC3.Cc1ccc(C(C)C=O)cc1. The van der Waals surface area contributed by atoms with Crippen molar-refractivity contribution in [3.05, 3.63) is 70.4 Å². The Balaban J connectivity index is 0.000000210. The maximum atomic E-state index is 11.1. The molecule has 164 valence electrons. The Hall–Kier alpha value is -2.72. The molecule has 1 aliphatic heterocycles. The van der Waals surface area contributed by atoms with Gasteiger partial charge in [-0.15, -0.1) is 0 Å². The van der Waals surface area contributed by atoms with Crippen molar-refractivity contribution >= 4 is 23.5 Å². The van der Waals surface area contributed by atoms with E-state index in [1.165, 1.54) is 27.6 Å². The van der Waals surface area contributed by atoms with Crippen LogP contribution >= 0.6 is 0 Å². The van der Waals surface area contributed by atoms with Crippen LogP contribution in [0.5, 0.6) is 0 Å². The van der Waals surface area contributed by atoms with Crippen LogP contribution in [0, 0.1) is 6.92 Å². The Labute approximate surface area is 185 Å². The minimum absolute atomic E-state index is 0.0237. The first kappa shape index (κ1) is 23.0. The van der Waals surface area contributed by atoms with Crippen molar-refractivity contribution in [2.75, 3.05) is 6.61 Å². The summed E-state index contributed by atoms with van der Waals surface area (Å²) in [7, 11) is 0. The van der Waals surface area contributed by atoms with Crippen molar-refractivity contribution in [2.24, 2.45) is 0 Å². The molecule has 2 unspecified atom stereocenters. The van der Waals surface area contributed by atoms with Crippen molar-refractivity contribution in [1.82, 2.24) is 4.98 Å². The summed E-state index contributed by atoms with van der Waals surface area (Å²) in [6.45, 7) is 8.89. The van der Waals surface area contributed by atoms with Gasteiger partial charge >= 0.3 is 0 Å². The maximum Gasteiger partial charge on any atom is 0.127 e. The summed E-state index contributed by atoms with van der Waals surface area (Å²) in [5, 5.41) is 1.30. The van der Waals surface area contributed by atoms with E-state index < -0.39 is 5.60 Å². The van der Waals surface area contributed by atoms with Crippen LogP contribution in [-0.2, 0) is 32.8 Å². The maximum absolute atomic E-state index is 11.1. The molecule has 2 aromatic carbocycles. The van der Waals surface area contributed by atoms with Gasteiger partial charge in [-0.05, 0) is 42.9 Å². The third-order valence-corrected chi connectivity index (χ3v) is 6.39. The summed E-state index contributed by atoms with van der Waals surface area (Å²) in [6.07, 6.45) is 5.10. The number of fused-ring (bicyclic) bond motifs is 3. The molecule has 1 N–H and O–H groups in total. The number of aldehydes is 2. The summed E-state index contributed by atoms with van der Waals surface area (Å²) in [5.74, 6) is 0.0237. The van der Waals surface area contributed by atoms with Gasteiger partial charge in [0.2, 0.25) is 0 Å². The monoisotopic (exact) mass is 419 g/mol. The van der Waals surface area contributed by atoms with E-state index in [2.05, 4.69) is 37.0 Å². The molecular weight excluding hydrogens is 386 g/mol. The number of aromatic amines is 1. The van der Waals surface area contributed by atoms with Crippen molar-refractivity contribution in [1.29, 1.82) is 0 Å². The van der Waals surface area contributed by atoms with Gasteiger partial charge in [-0.1, -0.05) is 68.8 Å². The van der Waals surface area contributed by atoms with Crippen molar-refractivity contribution in [2.45, 2.75) is 64.9 Å². The van der Waals surface area contributed by atoms with Crippen molar-refractivity contribution < 1.29 is 14.3 Å². The highest BCUT2D eigenvalue weighted by molar-refractivity contribution is 5.88. The number of para-hydroxylation sites is 1. The van der Waals surface area contributed by atoms with Crippen LogP contribution in [0.4, 0.5) is 0 Å². The predicted molar refractivity (Wildman–Crippen MR) is 126 cm³/mol. The lowest BCUT2D eigenvalue weighted by Crippen LogP contribution is -2.35. The fourth-order valence-corrected chi connectivity index (χ4v) is 4.37. The summed E-state index contributed by atoms with van der Waals surface area (Å²) in [6, 6.07) is 14.5. The van der Waals surface area contributed by atoms with Gasteiger partial charge < -0.3 is 19.3 Å². The Morgan fingerprint density at radius 3 is 2.48 bits per heavy atom. The van der Waals surface area contributed by atoms with E-state index in [1.54, 1.807) is 0 Å². The summed E-state index contributed by atoms with van der Waals surface area (Å²) in [4.78, 5) is 25.1. The molecule has 2 atom stereocenters. The lowest BCUT2D eigenvalue weighted by atomic mass is 9.86. The number of carbonyl (C=O) groups is 2. The number of ether oxygens (including phenoxy) is 1. The number of hydrogen-bond donors (Lipinski definition) is 1. The summed E-state index contributed by atoms with van der Waals surface area (Å²) >= 11 is 0. The largest absolute Gasteiger partial charge is 0.368 e. The zero-order valence-electron chi connectivity index (χ0n) is 19.0. The van der Waals surface area contributed by atoms with E-state index in [0.29, 0.717) is 13.0 Å². The lowest BCUT2D eigenvalue weighted by Gasteiger charge is -2.35. The van der Waals surface area contributed by atoms with E-state index in [-0.39, 0.29) is 5.92 Å². The second-order valence-electron chi connectivity index (χ2n) is 8.32. The molecule has 0 spiro atoms. The zero-order valence-corrected chi connectivity index (χ0v) is 19.0. The molecule has 4 heteroatoms. The molecule has 0 fully saturated rings. The molecule has 3 aromatic rings. The van der Waals surface area contributed by atoms with Crippen LogP contribution in [0.15, 0.2) is 42.5 Å². The third-order valence-electron chi connectivity index (χ3n) is 6.39. The van der Waals surface area contributed by atoms with E-state index in [0.717, 1.165) is 43.1 Å². The standard InChI is InChI=1S/C17H21NO2.C10H12O/c1-3-12-6-5-7-13-14-8-11-20-17(4-2,9-10-19)16(14)18-15(12)13;1-8-3-5-10(6-4-8)9(2)7-11/h5-7,10,18H,3-4,8-9,11H2,1-2H3;3-7,9H,1-2H3. The van der Waals surface area contributed by atoms with Crippen LogP contribution in [0.1, 0.15) is 67.5 Å². The fraction of sp³-hybridized carbons (Fsp3) is 0.407. The number of H-pyrrole nitrogens is 1. The smallest absolute Gasteiger partial charge is 0.127 e. The van der Waals surface area contributed by atoms with Gasteiger partial charge in [0.25, 0.3) is 0 Å². The Morgan fingerprint density at radius 2 is 1.87 bits per heavy atom. The van der Waals surface area contributed by atoms with Crippen LogP contribution in [0.25, 0.3) is 10.9 Å². The summed E-state index contributed by atoms with van der Waals surface area (Å²) < 4.78 is 6.02. The van der Waals surface area contributed by atoms with E-state index in [4.69, 9.17) is 4.74 Å². The third kappa shape index (κ3) is 4.64. The number of benzene rings is 2. The zero-order chi connectivity index (χ0) is 22.4. The molecule has 2 heterocycles. The van der Waals surface area contributed by atoms with Crippen LogP contribution in [0.3, 0.4) is 0 Å². The molecule has 0 saturated carbocycles. The van der Waals surface area contributed by atoms with Crippen LogP contribution in [0.2, 0.25) is 0 Å². The molecular formula is C27H33NO3. The van der Waals surface area contributed by atoms with Crippen LogP contribution < -0.4 is 0 Å². The van der Waals surface area contributed by atoms with Crippen molar-refractivity contribution in [3.8, 4) is 0 Å². The van der Waals surface area contributed by atoms with Gasteiger partial charge in [0.1, 0.15) is 18.2 Å². The van der Waals surface area contributed by atoms with Crippen LogP contribution in [-0.4, -0.2) is 24.2 Å². The van der Waals surface area contributed by atoms with Gasteiger partial charge in [-0.25, -0.2) is 0 Å². The van der Waals surface area contributed by atoms with Gasteiger partial charge in [-0.2, -0.15) is 0 Å². The predicted octanol–water partition coefficient (Wildman–Crippen LogP) is 5.79. The molecule has 0 radical (unpaired) electrons. The molecule has 0 aliphatic carbocycles. The normalized spacial score (nSPS) is 18.6. The Morgan fingerprint density at radius 1 is 1.13 bits per heavy atom. The highest BCUT2D eigenvalue weighted by Crippen LogP contribution is 2.41. The molecule has 0 saturated heterocycles. The molecule has 4 rings (SSSR count). The molecule has 31 heavy (non-hydrogen) atoms. The molecule has 1 aliphatic rings. The van der Waals surface area contributed by atoms with Gasteiger partial charge in [0, 0.05) is 23.2 Å².